The highest BCUT2D eigenvalue weighted by Gasteiger charge is 2.08. The zero-order valence-electron chi connectivity index (χ0n) is 5.40. The van der Waals surface area contributed by atoms with Gasteiger partial charge in [0.1, 0.15) is 6.61 Å². The Morgan fingerprint density at radius 3 is 3.20 bits per heavy atom. The van der Waals surface area contributed by atoms with Crippen LogP contribution in [0.1, 0.15) is 6.42 Å². The average Bonchev–Trinajstić information content (AvgIpc) is 2.59. The predicted octanol–water partition coefficient (Wildman–Crippen LogP) is 0.465. The average molecular weight is 137 g/mol. The van der Waals surface area contributed by atoms with Gasteiger partial charge < -0.3 is 4.84 Å². The van der Waals surface area contributed by atoms with Crippen LogP contribution in [0.25, 0.3) is 0 Å². The van der Waals surface area contributed by atoms with E-state index in [1.165, 1.54) is 0 Å². The summed E-state index contributed by atoms with van der Waals surface area (Å²) in [4.78, 5) is 4.81. The molecule has 4 nitrogen and oxygen atoms in total. The lowest BCUT2D eigenvalue weighted by molar-refractivity contribution is 0.173. The van der Waals surface area contributed by atoms with Crippen molar-refractivity contribution in [2.24, 2.45) is 5.16 Å². The summed E-state index contributed by atoms with van der Waals surface area (Å²) in [7, 11) is 0. The maximum Gasteiger partial charge on any atom is 0.172 e. The first-order chi connectivity index (χ1) is 4.97. The van der Waals surface area contributed by atoms with Crippen molar-refractivity contribution in [2.45, 2.75) is 6.42 Å². The van der Waals surface area contributed by atoms with Crippen LogP contribution in [-0.2, 0) is 4.84 Å². The number of rotatable bonds is 0. The molecule has 0 bridgehead atoms. The monoisotopic (exact) mass is 137 g/mol. The van der Waals surface area contributed by atoms with E-state index in [0.717, 1.165) is 12.3 Å². The first kappa shape index (κ1) is 5.46. The van der Waals surface area contributed by atoms with E-state index in [2.05, 4.69) is 10.3 Å². The van der Waals surface area contributed by atoms with Crippen LogP contribution in [0.5, 0.6) is 0 Å². The summed E-state index contributed by atoms with van der Waals surface area (Å²) in [5.41, 5.74) is 0. The van der Waals surface area contributed by atoms with Crippen molar-refractivity contribution in [1.29, 1.82) is 0 Å². The summed E-state index contributed by atoms with van der Waals surface area (Å²) in [5.74, 6) is 0.880. The number of aromatic nitrogens is 2. The first-order valence-corrected chi connectivity index (χ1v) is 3.16. The van der Waals surface area contributed by atoms with Crippen molar-refractivity contribution in [3.8, 4) is 0 Å². The second-order valence-corrected chi connectivity index (χ2v) is 2.04. The molecule has 0 aromatic carbocycles. The third-order valence-electron chi connectivity index (χ3n) is 1.36. The molecule has 0 spiro atoms. The maximum atomic E-state index is 4.81. The van der Waals surface area contributed by atoms with Crippen LogP contribution in [0.15, 0.2) is 23.6 Å². The lowest BCUT2D eigenvalue weighted by Crippen LogP contribution is -2.09. The largest absolute Gasteiger partial charge is 0.394 e. The van der Waals surface area contributed by atoms with Crippen molar-refractivity contribution in [3.63, 3.8) is 0 Å². The highest BCUT2D eigenvalue weighted by molar-refractivity contribution is 5.83. The van der Waals surface area contributed by atoms with Crippen molar-refractivity contribution in [1.82, 2.24) is 9.78 Å². The molecule has 0 fully saturated rings. The number of hydrogen-bond donors (Lipinski definition) is 0. The molecule has 2 rings (SSSR count). The maximum absolute atomic E-state index is 4.81. The number of hydrogen-bond acceptors (Lipinski definition) is 3. The molecule has 0 radical (unpaired) electrons. The van der Waals surface area contributed by atoms with Crippen LogP contribution in [0.3, 0.4) is 0 Å². The standard InChI is InChI=1S/C6H7N3O/c1-3-7-9(4-1)6-2-5-10-8-6/h1,3-4H,2,5H2. The van der Waals surface area contributed by atoms with E-state index < -0.39 is 0 Å². The molecule has 0 aliphatic carbocycles. The minimum absolute atomic E-state index is 0.676. The quantitative estimate of drug-likeness (QED) is 0.521. The molecule has 0 N–H and O–H groups in total. The Morgan fingerprint density at radius 2 is 2.60 bits per heavy atom. The van der Waals surface area contributed by atoms with Gasteiger partial charge in [-0.15, -0.1) is 0 Å². The van der Waals surface area contributed by atoms with Gasteiger partial charge in [-0.1, -0.05) is 5.16 Å². The summed E-state index contributed by atoms with van der Waals surface area (Å²) in [5, 5.41) is 7.80. The molecule has 4 heteroatoms. The lowest BCUT2D eigenvalue weighted by atomic mass is 10.4. The van der Waals surface area contributed by atoms with Gasteiger partial charge in [-0.05, 0) is 6.07 Å². The highest BCUT2D eigenvalue weighted by Crippen LogP contribution is 2.00. The van der Waals surface area contributed by atoms with E-state index in [-0.39, 0.29) is 0 Å². The van der Waals surface area contributed by atoms with Crippen LogP contribution < -0.4 is 0 Å². The van der Waals surface area contributed by atoms with E-state index in [4.69, 9.17) is 4.84 Å². The van der Waals surface area contributed by atoms with Crippen molar-refractivity contribution < 1.29 is 4.84 Å². The summed E-state index contributed by atoms with van der Waals surface area (Å²) in [6.07, 6.45) is 4.43. The van der Waals surface area contributed by atoms with Gasteiger partial charge in [0.15, 0.2) is 5.84 Å². The summed E-state index contributed by atoms with van der Waals surface area (Å²) >= 11 is 0. The highest BCUT2D eigenvalue weighted by atomic mass is 16.6. The molecule has 0 atom stereocenters. The van der Waals surface area contributed by atoms with Crippen molar-refractivity contribution >= 4 is 5.84 Å². The molecule has 0 unspecified atom stereocenters. The van der Waals surface area contributed by atoms with E-state index >= 15 is 0 Å². The number of oxime groups is 1. The SMILES string of the molecule is c1cnn(C2=NOCC2)c1. The molecule has 1 aliphatic heterocycles. The first-order valence-electron chi connectivity index (χ1n) is 3.16. The lowest BCUT2D eigenvalue weighted by Gasteiger charge is -1.92. The topological polar surface area (TPSA) is 39.4 Å². The fraction of sp³-hybridized carbons (Fsp3) is 0.333. The summed E-state index contributed by atoms with van der Waals surface area (Å²) in [6, 6.07) is 1.86. The van der Waals surface area contributed by atoms with Crippen LogP contribution in [0, 0.1) is 0 Å². The van der Waals surface area contributed by atoms with E-state index in [9.17, 15) is 0 Å². The molecular weight excluding hydrogens is 130 g/mol. The van der Waals surface area contributed by atoms with Crippen molar-refractivity contribution in [3.05, 3.63) is 18.5 Å². The zero-order valence-corrected chi connectivity index (χ0v) is 5.40. The molecule has 0 amide bonds. The smallest absolute Gasteiger partial charge is 0.172 e. The third-order valence-corrected chi connectivity index (χ3v) is 1.36. The van der Waals surface area contributed by atoms with Gasteiger partial charge in [0, 0.05) is 18.8 Å². The fourth-order valence-corrected chi connectivity index (χ4v) is 0.881. The zero-order chi connectivity index (χ0) is 6.81. The molecule has 52 valence electrons. The molecular formula is C6H7N3O. The van der Waals surface area contributed by atoms with Crippen LogP contribution >= 0.6 is 0 Å². The van der Waals surface area contributed by atoms with Gasteiger partial charge in [-0.2, -0.15) is 5.10 Å². The van der Waals surface area contributed by atoms with Gasteiger partial charge in [0.2, 0.25) is 0 Å². The van der Waals surface area contributed by atoms with Crippen molar-refractivity contribution in [2.75, 3.05) is 6.61 Å². The molecule has 0 saturated carbocycles. The molecule has 1 aromatic rings. The molecule has 2 heterocycles. The number of nitrogens with zero attached hydrogens (tertiary/aromatic N) is 3. The molecule has 0 saturated heterocycles. The van der Waals surface area contributed by atoms with Gasteiger partial charge in [0.05, 0.1) is 0 Å². The Morgan fingerprint density at radius 1 is 1.60 bits per heavy atom. The Hall–Kier alpha value is -1.32. The minimum atomic E-state index is 0.676. The van der Waals surface area contributed by atoms with Gasteiger partial charge in [0.25, 0.3) is 0 Å². The Kier molecular flexibility index (Phi) is 1.16. The van der Waals surface area contributed by atoms with E-state index in [1.807, 2.05) is 12.3 Å². The Bertz CT molecular complexity index is 240. The van der Waals surface area contributed by atoms with E-state index in [0.29, 0.717) is 6.61 Å². The van der Waals surface area contributed by atoms with Crippen LogP contribution in [-0.4, -0.2) is 22.2 Å². The van der Waals surface area contributed by atoms with Gasteiger partial charge in [-0.25, -0.2) is 4.68 Å². The van der Waals surface area contributed by atoms with Gasteiger partial charge >= 0.3 is 0 Å². The molecule has 1 aromatic heterocycles. The normalized spacial score (nSPS) is 16.6. The van der Waals surface area contributed by atoms with Crippen LogP contribution in [0.4, 0.5) is 0 Å². The van der Waals surface area contributed by atoms with E-state index in [1.54, 1.807) is 10.9 Å². The second-order valence-electron chi connectivity index (χ2n) is 2.04. The third kappa shape index (κ3) is 0.775. The Balaban J connectivity index is 2.28. The minimum Gasteiger partial charge on any atom is -0.394 e. The summed E-state index contributed by atoms with van der Waals surface area (Å²) < 4.78 is 1.72. The van der Waals surface area contributed by atoms with Gasteiger partial charge in [-0.3, -0.25) is 0 Å². The second kappa shape index (κ2) is 2.13. The molecule has 1 aliphatic rings. The summed E-state index contributed by atoms with van der Waals surface area (Å²) in [6.45, 7) is 0.676. The Labute approximate surface area is 58.1 Å². The molecule has 10 heavy (non-hydrogen) atoms. The fourth-order valence-electron chi connectivity index (χ4n) is 0.881. The van der Waals surface area contributed by atoms with Crippen LogP contribution in [0.2, 0.25) is 0 Å². The predicted molar refractivity (Wildman–Crippen MR) is 35.6 cm³/mol.